The van der Waals surface area contributed by atoms with Crippen molar-refractivity contribution in [1.82, 2.24) is 14.1 Å². The molecule has 0 aromatic heterocycles. The van der Waals surface area contributed by atoms with E-state index in [0.717, 1.165) is 25.2 Å². The number of hydrogen-bond acceptors (Lipinski definition) is 5. The number of rotatable bonds is 4. The van der Waals surface area contributed by atoms with Crippen LogP contribution in [0.5, 0.6) is 0 Å². The maximum absolute atomic E-state index is 13.3. The second kappa shape index (κ2) is 9.56. The molecule has 2 aromatic carbocycles. The SMILES string of the molecule is CN1CCCN(C(=O)c2cccc(S(=O)(=O)N3CCN(c4ccc(F)cc4)CC3)c2)CC1. The van der Waals surface area contributed by atoms with E-state index in [1.54, 1.807) is 35.2 Å². The van der Waals surface area contributed by atoms with E-state index in [-0.39, 0.29) is 16.6 Å². The summed E-state index contributed by atoms with van der Waals surface area (Å²) in [7, 11) is -1.67. The highest BCUT2D eigenvalue weighted by atomic mass is 32.2. The largest absolute Gasteiger partial charge is 0.369 e. The zero-order valence-corrected chi connectivity index (χ0v) is 19.1. The summed E-state index contributed by atoms with van der Waals surface area (Å²) < 4.78 is 41.1. The zero-order chi connectivity index (χ0) is 22.7. The minimum atomic E-state index is -3.71. The highest BCUT2D eigenvalue weighted by molar-refractivity contribution is 7.89. The van der Waals surface area contributed by atoms with Gasteiger partial charge in [0.25, 0.3) is 5.91 Å². The molecule has 32 heavy (non-hydrogen) atoms. The van der Waals surface area contributed by atoms with Crippen LogP contribution in [0.2, 0.25) is 0 Å². The van der Waals surface area contributed by atoms with Gasteiger partial charge in [-0.1, -0.05) is 6.07 Å². The minimum absolute atomic E-state index is 0.126. The summed E-state index contributed by atoms with van der Waals surface area (Å²) in [6, 6.07) is 12.6. The van der Waals surface area contributed by atoms with Crippen LogP contribution in [0.15, 0.2) is 53.4 Å². The van der Waals surface area contributed by atoms with Crippen LogP contribution in [0.1, 0.15) is 16.8 Å². The standard InChI is InChI=1S/C23H29FN4O3S/c1-25-10-3-11-27(13-12-25)23(29)19-4-2-5-22(18-19)32(30,31)28-16-14-26(15-17-28)21-8-6-20(24)7-9-21/h2,4-9,18H,3,10-17H2,1H3. The lowest BCUT2D eigenvalue weighted by Crippen LogP contribution is -2.48. The van der Waals surface area contributed by atoms with E-state index >= 15 is 0 Å². The summed E-state index contributed by atoms with van der Waals surface area (Å²) in [5, 5.41) is 0. The molecule has 0 N–H and O–H groups in total. The van der Waals surface area contributed by atoms with E-state index in [1.165, 1.54) is 22.5 Å². The van der Waals surface area contributed by atoms with E-state index < -0.39 is 10.0 Å². The van der Waals surface area contributed by atoms with E-state index in [9.17, 15) is 17.6 Å². The van der Waals surface area contributed by atoms with Crippen LogP contribution >= 0.6 is 0 Å². The van der Waals surface area contributed by atoms with Crippen LogP contribution in [0, 0.1) is 5.82 Å². The lowest BCUT2D eigenvalue weighted by Gasteiger charge is -2.35. The van der Waals surface area contributed by atoms with E-state index in [2.05, 4.69) is 4.90 Å². The predicted molar refractivity (Wildman–Crippen MR) is 122 cm³/mol. The Kier molecular flexibility index (Phi) is 6.78. The summed E-state index contributed by atoms with van der Waals surface area (Å²) in [5.74, 6) is -0.421. The Hall–Kier alpha value is -2.49. The van der Waals surface area contributed by atoms with Crippen molar-refractivity contribution in [1.29, 1.82) is 0 Å². The number of carbonyl (C=O) groups excluding carboxylic acids is 1. The molecule has 0 radical (unpaired) electrons. The number of nitrogens with zero attached hydrogens (tertiary/aromatic N) is 4. The molecule has 0 bridgehead atoms. The average Bonchev–Trinajstić information content (AvgIpc) is 3.03. The van der Waals surface area contributed by atoms with Crippen molar-refractivity contribution >= 4 is 21.6 Å². The van der Waals surface area contributed by atoms with Gasteiger partial charge < -0.3 is 14.7 Å². The van der Waals surface area contributed by atoms with Gasteiger partial charge in [-0.15, -0.1) is 0 Å². The lowest BCUT2D eigenvalue weighted by molar-refractivity contribution is 0.0762. The van der Waals surface area contributed by atoms with Crippen LogP contribution in [-0.2, 0) is 10.0 Å². The molecule has 2 saturated heterocycles. The lowest BCUT2D eigenvalue weighted by atomic mass is 10.2. The van der Waals surface area contributed by atoms with Gasteiger partial charge in [0.05, 0.1) is 4.90 Å². The van der Waals surface area contributed by atoms with Crippen LogP contribution in [-0.4, -0.2) is 87.8 Å². The molecule has 2 fully saturated rings. The monoisotopic (exact) mass is 460 g/mol. The third kappa shape index (κ3) is 4.95. The first-order chi connectivity index (χ1) is 15.3. The molecule has 172 valence electrons. The van der Waals surface area contributed by atoms with Gasteiger partial charge in [-0.2, -0.15) is 4.31 Å². The van der Waals surface area contributed by atoms with Crippen LogP contribution in [0.3, 0.4) is 0 Å². The van der Waals surface area contributed by atoms with Gasteiger partial charge in [0.2, 0.25) is 10.0 Å². The molecule has 7 nitrogen and oxygen atoms in total. The highest BCUT2D eigenvalue weighted by Crippen LogP contribution is 2.23. The van der Waals surface area contributed by atoms with Gasteiger partial charge in [0, 0.05) is 57.1 Å². The summed E-state index contributed by atoms with van der Waals surface area (Å²) in [6.07, 6.45) is 0.901. The number of sulfonamides is 1. The van der Waals surface area contributed by atoms with E-state index in [1.807, 2.05) is 11.9 Å². The number of piperazine rings is 1. The van der Waals surface area contributed by atoms with Gasteiger partial charge >= 0.3 is 0 Å². The van der Waals surface area contributed by atoms with E-state index in [4.69, 9.17) is 0 Å². The second-order valence-corrected chi connectivity index (χ2v) is 10.3. The molecular weight excluding hydrogens is 431 g/mol. The fraction of sp³-hybridized carbons (Fsp3) is 0.435. The number of carbonyl (C=O) groups is 1. The van der Waals surface area contributed by atoms with Gasteiger partial charge in [-0.3, -0.25) is 4.79 Å². The molecule has 2 heterocycles. The maximum atomic E-state index is 13.3. The molecule has 0 saturated carbocycles. The molecule has 2 aliphatic heterocycles. The van der Waals surface area contributed by atoms with E-state index in [0.29, 0.717) is 44.8 Å². The van der Waals surface area contributed by atoms with Crippen molar-refractivity contribution in [3.63, 3.8) is 0 Å². The van der Waals surface area contributed by atoms with Gasteiger partial charge in [0.15, 0.2) is 0 Å². The average molecular weight is 461 g/mol. The van der Waals surface area contributed by atoms with Crippen molar-refractivity contribution in [2.75, 3.05) is 64.3 Å². The first-order valence-corrected chi connectivity index (χ1v) is 12.4. The first-order valence-electron chi connectivity index (χ1n) is 10.9. The Labute approximate surface area is 189 Å². The number of amides is 1. The minimum Gasteiger partial charge on any atom is -0.369 e. The Morgan fingerprint density at radius 1 is 0.875 bits per heavy atom. The molecule has 0 atom stereocenters. The number of anilines is 1. The molecule has 4 rings (SSSR count). The Morgan fingerprint density at radius 2 is 1.59 bits per heavy atom. The fourth-order valence-corrected chi connectivity index (χ4v) is 5.68. The number of hydrogen-bond donors (Lipinski definition) is 0. The molecular formula is C23H29FN4O3S. The summed E-state index contributed by atoms with van der Waals surface area (Å²) in [4.78, 5) is 19.2. The Balaban J connectivity index is 1.45. The third-order valence-corrected chi connectivity index (χ3v) is 8.05. The van der Waals surface area contributed by atoms with Crippen molar-refractivity contribution < 1.29 is 17.6 Å². The number of halogens is 1. The predicted octanol–water partition coefficient (Wildman–Crippen LogP) is 2.11. The maximum Gasteiger partial charge on any atom is 0.253 e. The normalized spacial score (nSPS) is 19.1. The number of benzene rings is 2. The molecule has 0 unspecified atom stereocenters. The van der Waals surface area contributed by atoms with Crippen LogP contribution in [0.4, 0.5) is 10.1 Å². The van der Waals surface area contributed by atoms with Crippen LogP contribution < -0.4 is 4.90 Å². The zero-order valence-electron chi connectivity index (χ0n) is 18.3. The van der Waals surface area contributed by atoms with Crippen molar-refractivity contribution in [3.8, 4) is 0 Å². The van der Waals surface area contributed by atoms with Crippen molar-refractivity contribution in [2.45, 2.75) is 11.3 Å². The summed E-state index contributed by atoms with van der Waals surface area (Å²) >= 11 is 0. The third-order valence-electron chi connectivity index (χ3n) is 6.16. The Morgan fingerprint density at radius 3 is 2.31 bits per heavy atom. The van der Waals surface area contributed by atoms with Gasteiger partial charge in [-0.05, 0) is 62.5 Å². The molecule has 2 aromatic rings. The number of likely N-dealkylation sites (N-methyl/N-ethyl adjacent to an activating group) is 1. The highest BCUT2D eigenvalue weighted by Gasteiger charge is 2.29. The summed E-state index contributed by atoms with van der Waals surface area (Å²) in [6.45, 7) is 4.76. The summed E-state index contributed by atoms with van der Waals surface area (Å²) in [5.41, 5.74) is 1.28. The second-order valence-electron chi connectivity index (χ2n) is 8.34. The molecule has 0 spiro atoms. The first kappa shape index (κ1) is 22.7. The molecule has 1 amide bonds. The van der Waals surface area contributed by atoms with Crippen molar-refractivity contribution in [2.24, 2.45) is 0 Å². The van der Waals surface area contributed by atoms with Crippen molar-refractivity contribution in [3.05, 3.63) is 59.9 Å². The fourth-order valence-electron chi connectivity index (χ4n) is 4.21. The molecule has 2 aliphatic rings. The van der Waals surface area contributed by atoms with Crippen LogP contribution in [0.25, 0.3) is 0 Å². The van der Waals surface area contributed by atoms with Gasteiger partial charge in [-0.25, -0.2) is 12.8 Å². The quantitative estimate of drug-likeness (QED) is 0.700. The topological polar surface area (TPSA) is 64.2 Å². The molecule has 9 heteroatoms. The smallest absolute Gasteiger partial charge is 0.253 e. The van der Waals surface area contributed by atoms with Gasteiger partial charge in [0.1, 0.15) is 5.82 Å². The Bertz CT molecular complexity index is 1050. The molecule has 0 aliphatic carbocycles.